The number of carbonyl (C=O) groups excluding carboxylic acids is 1. The van der Waals surface area contributed by atoms with E-state index in [1.165, 1.54) is 6.07 Å². The number of nitrogens with zero attached hydrogens (tertiary/aromatic N) is 1. The molecule has 0 aromatic heterocycles. The van der Waals surface area contributed by atoms with Crippen molar-refractivity contribution in [3.05, 3.63) is 74.8 Å². The molecule has 3 unspecified atom stereocenters. The second kappa shape index (κ2) is 7.87. The van der Waals surface area contributed by atoms with Gasteiger partial charge in [-0.05, 0) is 30.9 Å². The quantitative estimate of drug-likeness (QED) is 0.369. The van der Waals surface area contributed by atoms with Crippen LogP contribution in [0.4, 0.5) is 17.1 Å². The summed E-state index contributed by atoms with van der Waals surface area (Å²) in [5, 5.41) is 18.6. The van der Waals surface area contributed by atoms with Gasteiger partial charge in [0.25, 0.3) is 5.69 Å². The predicted molar refractivity (Wildman–Crippen MR) is 114 cm³/mol. The summed E-state index contributed by atoms with van der Waals surface area (Å²) in [5.74, 6) is 0.0898. The number of nitro groups is 1. The Kier molecular flexibility index (Phi) is 5.28. The van der Waals surface area contributed by atoms with E-state index in [1.54, 1.807) is 18.2 Å². The van der Waals surface area contributed by atoms with E-state index in [2.05, 4.69) is 22.8 Å². The van der Waals surface area contributed by atoms with Crippen LogP contribution in [0, 0.1) is 16.0 Å². The van der Waals surface area contributed by atoms with E-state index in [4.69, 9.17) is 11.6 Å². The highest BCUT2D eigenvalue weighted by Crippen LogP contribution is 2.54. The maximum atomic E-state index is 12.2. The van der Waals surface area contributed by atoms with Gasteiger partial charge in [0.1, 0.15) is 0 Å². The molecule has 0 saturated heterocycles. The monoisotopic (exact) mass is 411 g/mol. The summed E-state index contributed by atoms with van der Waals surface area (Å²) in [4.78, 5) is 23.5. The highest BCUT2D eigenvalue weighted by atomic mass is 35.5. The Balaban J connectivity index is 1.80. The van der Waals surface area contributed by atoms with E-state index in [0.29, 0.717) is 17.0 Å². The van der Waals surface area contributed by atoms with Gasteiger partial charge in [0.05, 0.1) is 27.2 Å². The first-order chi connectivity index (χ1) is 14.0. The van der Waals surface area contributed by atoms with Crippen molar-refractivity contribution < 1.29 is 9.72 Å². The third-order valence-electron chi connectivity index (χ3n) is 5.69. The number of rotatable bonds is 5. The zero-order valence-corrected chi connectivity index (χ0v) is 16.8. The zero-order chi connectivity index (χ0) is 20.5. The molecule has 1 amide bonds. The molecule has 0 bridgehead atoms. The number of para-hydroxylation sites is 1. The zero-order valence-electron chi connectivity index (χ0n) is 16.0. The minimum absolute atomic E-state index is 0.0201. The Bertz CT molecular complexity index is 1000. The van der Waals surface area contributed by atoms with E-state index in [-0.39, 0.29) is 34.4 Å². The van der Waals surface area contributed by atoms with Crippen LogP contribution < -0.4 is 10.6 Å². The third kappa shape index (κ3) is 3.49. The smallest absolute Gasteiger partial charge is 0.274 e. The van der Waals surface area contributed by atoms with Gasteiger partial charge in [-0.1, -0.05) is 48.9 Å². The number of halogens is 1. The number of benzene rings is 2. The Hall–Kier alpha value is -2.86. The highest BCUT2D eigenvalue weighted by Gasteiger charge is 2.42. The molecule has 2 aliphatic rings. The van der Waals surface area contributed by atoms with Crippen LogP contribution >= 0.6 is 11.6 Å². The van der Waals surface area contributed by atoms with E-state index in [0.717, 1.165) is 29.8 Å². The van der Waals surface area contributed by atoms with Crippen molar-refractivity contribution in [1.29, 1.82) is 0 Å². The molecule has 0 fully saturated rings. The fourth-order valence-electron chi connectivity index (χ4n) is 4.45. The molecule has 2 aromatic carbocycles. The van der Waals surface area contributed by atoms with Gasteiger partial charge >= 0.3 is 0 Å². The summed E-state index contributed by atoms with van der Waals surface area (Å²) < 4.78 is 0. The molecule has 6 nitrogen and oxygen atoms in total. The standard InChI is InChI=1S/C22H22ClN3O3/c1-2-6-19(27)24-17-12-11-16(23)22-20(17)13-8-5-9-14(13)21(25-22)15-7-3-4-10-18(15)26(28)29/h3-5,7-8,10-14,21,25H,2,6,9H2,1H3,(H,24,27). The molecule has 0 saturated carbocycles. The lowest BCUT2D eigenvalue weighted by Gasteiger charge is -2.38. The summed E-state index contributed by atoms with van der Waals surface area (Å²) in [6.07, 6.45) is 6.24. The number of nitro benzene ring substituents is 1. The van der Waals surface area contributed by atoms with Crippen molar-refractivity contribution in [2.45, 2.75) is 38.1 Å². The van der Waals surface area contributed by atoms with Crippen molar-refractivity contribution in [2.24, 2.45) is 5.92 Å². The number of fused-ring (bicyclic) bond motifs is 3. The minimum Gasteiger partial charge on any atom is -0.376 e. The average molecular weight is 412 g/mol. The van der Waals surface area contributed by atoms with Crippen molar-refractivity contribution in [2.75, 3.05) is 10.6 Å². The van der Waals surface area contributed by atoms with Crippen LogP contribution in [0.25, 0.3) is 0 Å². The Morgan fingerprint density at radius 1 is 1.31 bits per heavy atom. The predicted octanol–water partition coefficient (Wildman–Crippen LogP) is 5.81. The van der Waals surface area contributed by atoms with Crippen LogP contribution in [0.2, 0.25) is 5.02 Å². The summed E-state index contributed by atoms with van der Waals surface area (Å²) in [6.45, 7) is 1.96. The Morgan fingerprint density at radius 2 is 2.10 bits per heavy atom. The molecule has 1 heterocycles. The molecule has 7 heteroatoms. The molecular weight excluding hydrogens is 390 g/mol. The number of anilines is 2. The number of allylic oxidation sites excluding steroid dienone is 2. The van der Waals surface area contributed by atoms with Crippen LogP contribution in [0.15, 0.2) is 48.6 Å². The summed E-state index contributed by atoms with van der Waals surface area (Å²) in [6, 6.07) is 10.2. The van der Waals surface area contributed by atoms with Crippen LogP contribution in [0.3, 0.4) is 0 Å². The summed E-state index contributed by atoms with van der Waals surface area (Å²) in [7, 11) is 0. The first-order valence-corrected chi connectivity index (χ1v) is 10.2. The van der Waals surface area contributed by atoms with Gasteiger partial charge in [0.2, 0.25) is 5.91 Å². The van der Waals surface area contributed by atoms with Crippen molar-refractivity contribution in [3.63, 3.8) is 0 Å². The number of hydrogen-bond donors (Lipinski definition) is 2. The van der Waals surface area contributed by atoms with Crippen LogP contribution in [-0.2, 0) is 4.79 Å². The second-order valence-electron chi connectivity index (χ2n) is 7.47. The molecule has 0 spiro atoms. The molecule has 1 aliphatic carbocycles. The van der Waals surface area contributed by atoms with E-state index in [1.807, 2.05) is 19.1 Å². The van der Waals surface area contributed by atoms with Gasteiger partial charge in [-0.2, -0.15) is 0 Å². The summed E-state index contributed by atoms with van der Waals surface area (Å²) in [5.41, 5.74) is 3.19. The molecule has 150 valence electrons. The lowest BCUT2D eigenvalue weighted by Crippen LogP contribution is -2.30. The molecule has 1 aliphatic heterocycles. The van der Waals surface area contributed by atoms with E-state index < -0.39 is 0 Å². The summed E-state index contributed by atoms with van der Waals surface area (Å²) >= 11 is 6.52. The van der Waals surface area contributed by atoms with Crippen molar-refractivity contribution in [1.82, 2.24) is 0 Å². The van der Waals surface area contributed by atoms with E-state index in [9.17, 15) is 14.9 Å². The second-order valence-corrected chi connectivity index (χ2v) is 7.88. The maximum Gasteiger partial charge on any atom is 0.274 e. The minimum atomic E-state index is -0.340. The molecule has 2 aromatic rings. The number of carbonyl (C=O) groups is 1. The highest BCUT2D eigenvalue weighted by molar-refractivity contribution is 6.33. The van der Waals surface area contributed by atoms with Gasteiger partial charge in [-0.25, -0.2) is 0 Å². The molecule has 3 atom stereocenters. The first kappa shape index (κ1) is 19.5. The number of nitrogens with one attached hydrogen (secondary N) is 2. The Morgan fingerprint density at radius 3 is 2.86 bits per heavy atom. The SMILES string of the molecule is CCCC(=O)Nc1ccc(Cl)c2c1C1C=CCC1C(c1ccccc1[N+](=O)[O-])N2. The maximum absolute atomic E-state index is 12.2. The lowest BCUT2D eigenvalue weighted by atomic mass is 9.76. The molecular formula is C22H22ClN3O3. The van der Waals surface area contributed by atoms with Crippen LogP contribution in [0.1, 0.15) is 49.3 Å². The normalized spacial score (nSPS) is 21.8. The van der Waals surface area contributed by atoms with Gasteiger partial charge in [-0.15, -0.1) is 0 Å². The Labute approximate surface area is 174 Å². The third-order valence-corrected chi connectivity index (χ3v) is 6.00. The number of amides is 1. The molecule has 2 N–H and O–H groups in total. The van der Waals surface area contributed by atoms with Crippen LogP contribution in [-0.4, -0.2) is 10.8 Å². The molecule has 4 rings (SSSR count). The van der Waals surface area contributed by atoms with Gasteiger partial charge in [0, 0.05) is 29.7 Å². The fraction of sp³-hybridized carbons (Fsp3) is 0.318. The van der Waals surface area contributed by atoms with Crippen molar-refractivity contribution in [3.8, 4) is 0 Å². The fourth-order valence-corrected chi connectivity index (χ4v) is 4.67. The van der Waals surface area contributed by atoms with Gasteiger partial charge < -0.3 is 10.6 Å². The first-order valence-electron chi connectivity index (χ1n) is 9.80. The topological polar surface area (TPSA) is 84.3 Å². The average Bonchev–Trinajstić information content (AvgIpc) is 3.19. The van der Waals surface area contributed by atoms with Crippen molar-refractivity contribution >= 4 is 34.6 Å². The number of hydrogen-bond acceptors (Lipinski definition) is 4. The molecule has 29 heavy (non-hydrogen) atoms. The van der Waals surface area contributed by atoms with Crippen LogP contribution in [0.5, 0.6) is 0 Å². The largest absolute Gasteiger partial charge is 0.376 e. The lowest BCUT2D eigenvalue weighted by molar-refractivity contribution is -0.385. The molecule has 0 radical (unpaired) electrons. The van der Waals surface area contributed by atoms with Gasteiger partial charge in [-0.3, -0.25) is 14.9 Å². The van der Waals surface area contributed by atoms with Gasteiger partial charge in [0.15, 0.2) is 0 Å². The van der Waals surface area contributed by atoms with E-state index >= 15 is 0 Å².